The number of hydrogen-bond donors (Lipinski definition) is 1. The summed E-state index contributed by atoms with van der Waals surface area (Å²) in [4.78, 5) is 27.0. The minimum absolute atomic E-state index is 0.0282. The van der Waals surface area contributed by atoms with Gasteiger partial charge in [-0.3, -0.25) is 14.9 Å². The van der Waals surface area contributed by atoms with Gasteiger partial charge in [-0.15, -0.1) is 0 Å². The summed E-state index contributed by atoms with van der Waals surface area (Å²) in [6.45, 7) is 0. The molecule has 3 rings (SSSR count). The van der Waals surface area contributed by atoms with E-state index in [0.717, 1.165) is 0 Å². The first-order valence-corrected chi connectivity index (χ1v) is 8.40. The third kappa shape index (κ3) is 4.95. The third-order valence-corrected chi connectivity index (χ3v) is 3.75. The Morgan fingerprint density at radius 3 is 2.18 bits per heavy atom. The lowest BCUT2D eigenvalue weighted by molar-refractivity contribution is -0.384. The molecule has 0 saturated heterocycles. The van der Waals surface area contributed by atoms with Crippen molar-refractivity contribution in [3.63, 3.8) is 0 Å². The predicted octanol–water partition coefficient (Wildman–Crippen LogP) is 3.81. The van der Waals surface area contributed by atoms with Crippen LogP contribution in [0.5, 0.6) is 0 Å². The Labute approximate surface area is 161 Å². The van der Waals surface area contributed by atoms with Gasteiger partial charge in [0.2, 0.25) is 0 Å². The Morgan fingerprint density at radius 1 is 0.893 bits per heavy atom. The van der Waals surface area contributed by atoms with Crippen LogP contribution in [-0.2, 0) is 0 Å². The lowest BCUT2D eigenvalue weighted by atomic mass is 10.2. The number of amidine groups is 1. The van der Waals surface area contributed by atoms with Gasteiger partial charge in [0.05, 0.1) is 4.92 Å². The Balaban J connectivity index is 1.86. The third-order valence-electron chi connectivity index (χ3n) is 3.75. The molecular weight excluding hydrogens is 356 g/mol. The molecule has 0 bridgehead atoms. The van der Waals surface area contributed by atoms with Crippen LogP contribution in [0, 0.1) is 10.1 Å². The number of nitro benzene ring substituents is 1. The largest absolute Gasteiger partial charge is 0.271 e. The molecule has 0 saturated carbocycles. The highest BCUT2D eigenvalue weighted by Gasteiger charge is 2.07. The molecule has 1 N–H and O–H groups in total. The fourth-order valence-corrected chi connectivity index (χ4v) is 2.37. The van der Waals surface area contributed by atoms with Crippen molar-refractivity contribution in [3.05, 3.63) is 112 Å². The number of aliphatic imine (C=N–C) groups is 1. The normalized spacial score (nSPS) is 11.4. The summed E-state index contributed by atoms with van der Waals surface area (Å²) in [5.74, 6) is -0.0871. The Morgan fingerprint density at radius 2 is 1.54 bits per heavy atom. The lowest BCUT2D eigenvalue weighted by Gasteiger charge is -2.03. The van der Waals surface area contributed by atoms with Crippen LogP contribution in [0.15, 0.2) is 95.0 Å². The molecule has 7 heteroatoms. The monoisotopic (exact) mass is 372 g/mol. The summed E-state index contributed by atoms with van der Waals surface area (Å²) in [7, 11) is 0. The summed E-state index contributed by atoms with van der Waals surface area (Å²) < 4.78 is 0. The first-order chi connectivity index (χ1) is 13.6. The quantitative estimate of drug-likeness (QED) is 0.319. The number of hydrazone groups is 1. The minimum atomic E-state index is -0.469. The van der Waals surface area contributed by atoms with E-state index in [4.69, 9.17) is 0 Å². The first-order valence-electron chi connectivity index (χ1n) is 8.40. The Hall–Kier alpha value is -4.13. The second-order valence-electron chi connectivity index (χ2n) is 5.72. The summed E-state index contributed by atoms with van der Waals surface area (Å²) in [6, 6.07) is 23.9. The summed E-state index contributed by atoms with van der Waals surface area (Å²) in [6.07, 6.45) is 1.47. The summed E-state index contributed by atoms with van der Waals surface area (Å²) in [5, 5.41) is 15.0. The zero-order valence-corrected chi connectivity index (χ0v) is 14.7. The zero-order chi connectivity index (χ0) is 19.8. The minimum Gasteiger partial charge on any atom is -0.267 e. The molecule has 7 nitrogen and oxygen atoms in total. The van der Waals surface area contributed by atoms with Crippen molar-refractivity contribution in [2.24, 2.45) is 10.1 Å². The Kier molecular flexibility index (Phi) is 5.99. The number of non-ortho nitro benzene ring substituents is 1. The van der Waals surface area contributed by atoms with Crippen molar-refractivity contribution in [2.75, 3.05) is 0 Å². The van der Waals surface area contributed by atoms with Crippen molar-refractivity contribution in [1.82, 2.24) is 5.43 Å². The molecule has 0 radical (unpaired) electrons. The van der Waals surface area contributed by atoms with E-state index >= 15 is 0 Å². The average Bonchev–Trinajstić information content (AvgIpc) is 2.75. The molecule has 0 aliphatic rings. The van der Waals surface area contributed by atoms with Gasteiger partial charge in [-0.25, -0.2) is 10.4 Å². The van der Waals surface area contributed by atoms with E-state index in [-0.39, 0.29) is 17.4 Å². The van der Waals surface area contributed by atoms with Gasteiger partial charge in [0.1, 0.15) is 0 Å². The highest BCUT2D eigenvalue weighted by atomic mass is 16.6. The summed E-state index contributed by atoms with van der Waals surface area (Å²) in [5.41, 5.74) is 4.18. The van der Waals surface area contributed by atoms with Crippen molar-refractivity contribution in [3.8, 4) is 0 Å². The summed E-state index contributed by atoms with van der Waals surface area (Å²) >= 11 is 0. The number of benzene rings is 3. The fourth-order valence-electron chi connectivity index (χ4n) is 2.37. The topological polar surface area (TPSA) is 97.0 Å². The smallest absolute Gasteiger partial charge is 0.267 e. The first kappa shape index (κ1) is 18.7. The van der Waals surface area contributed by atoms with Gasteiger partial charge in [0.25, 0.3) is 11.6 Å². The van der Waals surface area contributed by atoms with Crippen LogP contribution in [0.1, 0.15) is 21.5 Å². The highest BCUT2D eigenvalue weighted by Crippen LogP contribution is 2.12. The molecular formula is C21H16N4O3. The highest BCUT2D eigenvalue weighted by molar-refractivity contribution is 6.06. The molecule has 0 fully saturated rings. The van der Waals surface area contributed by atoms with Crippen LogP contribution in [0.2, 0.25) is 0 Å². The maximum atomic E-state index is 12.2. The number of nitro groups is 1. The molecule has 138 valence electrons. The van der Waals surface area contributed by atoms with E-state index in [0.29, 0.717) is 16.7 Å². The number of hydrogen-bond acceptors (Lipinski definition) is 4. The predicted molar refractivity (Wildman–Crippen MR) is 108 cm³/mol. The van der Waals surface area contributed by atoms with Crippen molar-refractivity contribution < 1.29 is 9.72 Å². The number of nitrogens with one attached hydrogen (secondary N) is 1. The van der Waals surface area contributed by atoms with Crippen LogP contribution in [0.3, 0.4) is 0 Å². The molecule has 3 aromatic carbocycles. The molecule has 0 heterocycles. The molecule has 0 unspecified atom stereocenters. The van der Waals surface area contributed by atoms with Gasteiger partial charge in [-0.05, 0) is 17.7 Å². The van der Waals surface area contributed by atoms with Crippen molar-refractivity contribution in [2.45, 2.75) is 0 Å². The molecule has 0 aliphatic carbocycles. The molecule has 0 atom stereocenters. The van der Waals surface area contributed by atoms with Crippen LogP contribution in [0.25, 0.3) is 0 Å². The number of amides is 1. The SMILES string of the molecule is O=C(NN=C(N=Cc1cccc([N+](=O)[O-])c1)c1ccccc1)c1ccccc1. The molecule has 1 amide bonds. The van der Waals surface area contributed by atoms with E-state index in [1.807, 2.05) is 24.3 Å². The second-order valence-corrected chi connectivity index (χ2v) is 5.72. The molecule has 28 heavy (non-hydrogen) atoms. The average molecular weight is 372 g/mol. The van der Waals surface area contributed by atoms with Crippen LogP contribution < -0.4 is 5.43 Å². The van der Waals surface area contributed by atoms with Crippen LogP contribution in [0.4, 0.5) is 5.69 Å². The van der Waals surface area contributed by atoms with E-state index < -0.39 is 4.92 Å². The van der Waals surface area contributed by atoms with Gasteiger partial charge < -0.3 is 0 Å². The van der Waals surface area contributed by atoms with E-state index in [9.17, 15) is 14.9 Å². The van der Waals surface area contributed by atoms with E-state index in [2.05, 4.69) is 15.5 Å². The van der Waals surface area contributed by atoms with Gasteiger partial charge >= 0.3 is 0 Å². The second kappa shape index (κ2) is 9.00. The van der Waals surface area contributed by atoms with Crippen molar-refractivity contribution >= 4 is 23.6 Å². The maximum absolute atomic E-state index is 12.2. The van der Waals surface area contributed by atoms with Crippen molar-refractivity contribution in [1.29, 1.82) is 0 Å². The lowest BCUT2D eigenvalue weighted by Crippen LogP contribution is -2.19. The maximum Gasteiger partial charge on any atom is 0.271 e. The number of rotatable bonds is 5. The fraction of sp³-hybridized carbons (Fsp3) is 0. The van der Waals surface area contributed by atoms with E-state index in [1.54, 1.807) is 48.5 Å². The Bertz CT molecular complexity index is 1030. The molecule has 0 spiro atoms. The number of carbonyl (C=O) groups excluding carboxylic acids is 1. The van der Waals surface area contributed by atoms with Gasteiger partial charge in [-0.2, -0.15) is 5.10 Å². The molecule has 3 aromatic rings. The van der Waals surface area contributed by atoms with Gasteiger partial charge in [0, 0.05) is 29.5 Å². The zero-order valence-electron chi connectivity index (χ0n) is 14.7. The number of nitrogens with zero attached hydrogens (tertiary/aromatic N) is 3. The molecule has 0 aliphatic heterocycles. The molecule has 0 aromatic heterocycles. The standard InChI is InChI=1S/C21H16N4O3/c26-21(18-11-5-2-6-12-18)24-23-20(17-9-3-1-4-10-17)22-15-16-8-7-13-19(14-16)25(27)28/h1-15H,(H,24,26). The van der Waals surface area contributed by atoms with Crippen LogP contribution in [-0.4, -0.2) is 22.9 Å². The van der Waals surface area contributed by atoms with Gasteiger partial charge in [-0.1, -0.05) is 60.7 Å². The number of carbonyl (C=O) groups is 1. The van der Waals surface area contributed by atoms with E-state index in [1.165, 1.54) is 18.3 Å². The van der Waals surface area contributed by atoms with Gasteiger partial charge in [0.15, 0.2) is 5.84 Å². The van der Waals surface area contributed by atoms with Crippen LogP contribution >= 0.6 is 0 Å².